The van der Waals surface area contributed by atoms with E-state index in [1.54, 1.807) is 5.12 Å². The summed E-state index contributed by atoms with van der Waals surface area (Å²) in [4.78, 5) is 0. The van der Waals surface area contributed by atoms with Gasteiger partial charge in [-0.3, -0.25) is 10.4 Å². The van der Waals surface area contributed by atoms with Crippen molar-refractivity contribution >= 4 is 5.96 Å². The molecular weight excluding hydrogens is 158 g/mol. The van der Waals surface area contributed by atoms with E-state index in [1.165, 1.54) is 5.01 Å². The van der Waals surface area contributed by atoms with Crippen molar-refractivity contribution in [2.75, 3.05) is 27.2 Å². The van der Waals surface area contributed by atoms with Crippen LogP contribution < -0.4 is 22.1 Å². The molecule has 0 aliphatic carbocycles. The minimum Gasteiger partial charge on any atom is -0.318 e. The molecule has 0 amide bonds. The van der Waals surface area contributed by atoms with Crippen molar-refractivity contribution in [2.45, 2.75) is 0 Å². The van der Waals surface area contributed by atoms with Crippen molar-refractivity contribution in [3.63, 3.8) is 0 Å². The van der Waals surface area contributed by atoms with Gasteiger partial charge in [-0.15, -0.1) is 10.2 Å². The van der Waals surface area contributed by atoms with Crippen molar-refractivity contribution < 1.29 is 0 Å². The van der Waals surface area contributed by atoms with Crippen molar-refractivity contribution in [1.82, 2.24) is 26.4 Å². The molecule has 1 rings (SSSR count). The summed E-state index contributed by atoms with van der Waals surface area (Å²) in [5.41, 5.74) is 5.60. The molecule has 0 bridgehead atoms. The lowest BCUT2D eigenvalue weighted by molar-refractivity contribution is 0.225. The Kier molecular flexibility index (Phi) is 3.09. The van der Waals surface area contributed by atoms with Gasteiger partial charge < -0.3 is 5.32 Å². The number of hydrogen-bond donors (Lipinski definition) is 4. The Morgan fingerprint density at radius 2 is 2.50 bits per heavy atom. The van der Waals surface area contributed by atoms with Crippen LogP contribution in [0.15, 0.2) is 5.10 Å². The van der Waals surface area contributed by atoms with Gasteiger partial charge in [0.15, 0.2) is 0 Å². The fourth-order valence-corrected chi connectivity index (χ4v) is 0.789. The average Bonchev–Trinajstić information content (AvgIpc) is 2.47. The number of nitrogens with one attached hydrogen (secondary N) is 3. The zero-order valence-corrected chi connectivity index (χ0v) is 7.33. The molecule has 0 unspecified atom stereocenters. The third kappa shape index (κ3) is 2.22. The van der Waals surface area contributed by atoms with E-state index in [9.17, 15) is 0 Å². The molecule has 0 spiro atoms. The predicted octanol–water partition coefficient (Wildman–Crippen LogP) is -2.39. The second-order valence-electron chi connectivity index (χ2n) is 2.50. The van der Waals surface area contributed by atoms with E-state index in [0.29, 0.717) is 12.5 Å². The van der Waals surface area contributed by atoms with Gasteiger partial charge in [0.1, 0.15) is 0 Å². The van der Waals surface area contributed by atoms with Gasteiger partial charge in [-0.05, 0) is 7.05 Å². The fourth-order valence-electron chi connectivity index (χ4n) is 0.789. The molecule has 7 heteroatoms. The highest BCUT2D eigenvalue weighted by Gasteiger charge is 2.13. The van der Waals surface area contributed by atoms with Gasteiger partial charge in [-0.2, -0.15) is 0 Å². The van der Waals surface area contributed by atoms with Crippen molar-refractivity contribution in [3.05, 3.63) is 0 Å². The van der Waals surface area contributed by atoms with E-state index in [4.69, 9.17) is 5.84 Å². The molecule has 0 saturated carbocycles. The molecule has 1 aliphatic rings. The molecule has 0 radical (unpaired) electrons. The molecule has 0 aromatic rings. The normalized spacial score (nSPS) is 16.8. The van der Waals surface area contributed by atoms with Crippen LogP contribution in [-0.4, -0.2) is 43.3 Å². The standard InChI is InChI=1S/C5H15N7/c1-7-3-4-12(6)5-8-10-11(2)9-5/h7,10H,3-4,6H2,1-2H3,(H,8,9). The van der Waals surface area contributed by atoms with Crippen LogP contribution in [0, 0.1) is 0 Å². The Balaban J connectivity index is 2.28. The number of hydrazine groups is 3. The highest BCUT2D eigenvalue weighted by Crippen LogP contribution is 1.86. The largest absolute Gasteiger partial charge is 0.318 e. The van der Waals surface area contributed by atoms with E-state index in [1.807, 2.05) is 14.1 Å². The molecule has 0 fully saturated rings. The number of hydrogen-bond acceptors (Lipinski definition) is 7. The van der Waals surface area contributed by atoms with E-state index in [0.717, 1.165) is 6.54 Å². The van der Waals surface area contributed by atoms with E-state index < -0.39 is 0 Å². The lowest BCUT2D eigenvalue weighted by atomic mass is 10.6. The lowest BCUT2D eigenvalue weighted by Crippen LogP contribution is -2.49. The van der Waals surface area contributed by atoms with Crippen LogP contribution >= 0.6 is 0 Å². The maximum absolute atomic E-state index is 5.66. The van der Waals surface area contributed by atoms with Crippen molar-refractivity contribution in [3.8, 4) is 0 Å². The van der Waals surface area contributed by atoms with Crippen LogP contribution in [0.5, 0.6) is 0 Å². The van der Waals surface area contributed by atoms with Gasteiger partial charge in [-0.1, -0.05) is 0 Å². The first-order chi connectivity index (χ1) is 5.74. The average molecular weight is 173 g/mol. The monoisotopic (exact) mass is 173 g/mol. The second kappa shape index (κ2) is 4.10. The van der Waals surface area contributed by atoms with Crippen LogP contribution in [0.3, 0.4) is 0 Å². The van der Waals surface area contributed by atoms with Crippen LogP contribution in [0.1, 0.15) is 0 Å². The minimum absolute atomic E-state index is 0.618. The number of rotatable bonds is 3. The minimum atomic E-state index is 0.618. The van der Waals surface area contributed by atoms with Gasteiger partial charge in [0.2, 0.25) is 5.96 Å². The molecule has 12 heavy (non-hydrogen) atoms. The SMILES string of the molecule is CNCCN(N)C1=NNN(C)N1. The Morgan fingerprint density at radius 3 is 3.00 bits per heavy atom. The summed E-state index contributed by atoms with van der Waals surface area (Å²) in [7, 11) is 3.69. The number of hydrazone groups is 1. The Labute approximate surface area is 71.5 Å². The molecule has 0 atom stereocenters. The molecular formula is C5H15N7. The molecule has 1 aliphatic heterocycles. The van der Waals surface area contributed by atoms with Crippen LogP contribution in [0.2, 0.25) is 0 Å². The maximum Gasteiger partial charge on any atom is 0.248 e. The first-order valence-corrected chi connectivity index (χ1v) is 3.74. The Bertz CT molecular complexity index is 167. The molecule has 70 valence electrons. The molecule has 0 aromatic heterocycles. The zero-order chi connectivity index (χ0) is 8.97. The van der Waals surface area contributed by atoms with Crippen molar-refractivity contribution in [2.24, 2.45) is 10.9 Å². The first-order valence-electron chi connectivity index (χ1n) is 3.74. The Hall–Kier alpha value is -1.05. The van der Waals surface area contributed by atoms with Crippen LogP contribution in [0.25, 0.3) is 0 Å². The number of guanidine groups is 1. The van der Waals surface area contributed by atoms with Gasteiger partial charge in [0.25, 0.3) is 0 Å². The quantitative estimate of drug-likeness (QED) is 0.281. The number of nitrogens with two attached hydrogens (primary N) is 1. The highest BCUT2D eigenvalue weighted by molar-refractivity contribution is 5.79. The summed E-state index contributed by atoms with van der Waals surface area (Å²) >= 11 is 0. The van der Waals surface area contributed by atoms with Gasteiger partial charge in [-0.25, -0.2) is 11.4 Å². The second-order valence-corrected chi connectivity index (χ2v) is 2.50. The summed E-state index contributed by atoms with van der Waals surface area (Å²) in [6, 6.07) is 0. The van der Waals surface area contributed by atoms with Crippen LogP contribution in [0.4, 0.5) is 0 Å². The third-order valence-corrected chi connectivity index (χ3v) is 1.45. The van der Waals surface area contributed by atoms with Crippen molar-refractivity contribution in [1.29, 1.82) is 0 Å². The summed E-state index contributed by atoms with van der Waals surface area (Å²) in [5, 5.41) is 10.1. The molecule has 1 heterocycles. The third-order valence-electron chi connectivity index (χ3n) is 1.45. The van der Waals surface area contributed by atoms with E-state index >= 15 is 0 Å². The summed E-state index contributed by atoms with van der Waals surface area (Å²) in [6.45, 7) is 1.53. The topological polar surface area (TPSA) is 80.9 Å². The van der Waals surface area contributed by atoms with E-state index in [2.05, 4.69) is 21.4 Å². The summed E-state index contributed by atoms with van der Waals surface area (Å²) in [6.07, 6.45) is 0. The Morgan fingerprint density at radius 1 is 1.75 bits per heavy atom. The predicted molar refractivity (Wildman–Crippen MR) is 46.3 cm³/mol. The number of nitrogens with zero attached hydrogens (tertiary/aromatic N) is 3. The first kappa shape index (κ1) is 9.04. The molecule has 0 aromatic carbocycles. The fraction of sp³-hybridized carbons (Fsp3) is 0.800. The molecule has 7 nitrogen and oxygen atoms in total. The smallest absolute Gasteiger partial charge is 0.248 e. The highest BCUT2D eigenvalue weighted by atomic mass is 15.9. The molecule has 0 saturated heterocycles. The zero-order valence-electron chi connectivity index (χ0n) is 7.33. The maximum atomic E-state index is 5.66. The summed E-state index contributed by atoms with van der Waals surface area (Å²) in [5.74, 6) is 6.28. The van der Waals surface area contributed by atoms with Gasteiger partial charge >= 0.3 is 0 Å². The van der Waals surface area contributed by atoms with Crippen LogP contribution in [-0.2, 0) is 0 Å². The lowest BCUT2D eigenvalue weighted by Gasteiger charge is -2.17. The summed E-state index contributed by atoms with van der Waals surface area (Å²) < 4.78 is 0. The van der Waals surface area contributed by atoms with Gasteiger partial charge in [0, 0.05) is 20.1 Å². The van der Waals surface area contributed by atoms with E-state index in [-0.39, 0.29) is 0 Å². The van der Waals surface area contributed by atoms with Gasteiger partial charge in [0.05, 0.1) is 0 Å². The number of likely N-dealkylation sites (N-methyl/N-ethyl adjacent to an activating group) is 1. The molecule has 5 N–H and O–H groups in total.